The topological polar surface area (TPSA) is 39.2 Å². The summed E-state index contributed by atoms with van der Waals surface area (Å²) in [6.07, 6.45) is 2.43. The van der Waals surface area contributed by atoms with Gasteiger partial charge < -0.3 is 10.2 Å². The zero-order chi connectivity index (χ0) is 10.7. The van der Waals surface area contributed by atoms with Crippen LogP contribution in [-0.4, -0.2) is 0 Å². The average molecular weight is 201 g/mol. The van der Waals surface area contributed by atoms with E-state index < -0.39 is 0 Å². The van der Waals surface area contributed by atoms with E-state index in [2.05, 4.69) is 19.1 Å². The van der Waals surface area contributed by atoms with E-state index in [1.54, 1.807) is 6.26 Å². The minimum atomic E-state index is 0.0114. The highest BCUT2D eigenvalue weighted by atomic mass is 16.3. The second-order valence-electron chi connectivity index (χ2n) is 3.75. The van der Waals surface area contributed by atoms with Gasteiger partial charge in [0.05, 0.1) is 6.26 Å². The molecule has 1 aromatic heterocycles. The lowest BCUT2D eigenvalue weighted by Gasteiger charge is -2.12. The molecule has 0 aliphatic heterocycles. The van der Waals surface area contributed by atoms with Gasteiger partial charge in [0.15, 0.2) is 0 Å². The molecule has 0 saturated carbocycles. The average Bonchev–Trinajstić information content (AvgIpc) is 2.71. The molecule has 2 aromatic rings. The molecule has 2 rings (SSSR count). The number of rotatable bonds is 3. The third-order valence-corrected chi connectivity index (χ3v) is 2.59. The predicted octanol–water partition coefficient (Wildman–Crippen LogP) is 2.83. The van der Waals surface area contributed by atoms with Crippen LogP contribution in [0.3, 0.4) is 0 Å². The van der Waals surface area contributed by atoms with E-state index in [0.717, 1.165) is 12.2 Å². The Morgan fingerprint density at radius 3 is 2.67 bits per heavy atom. The van der Waals surface area contributed by atoms with Gasteiger partial charge in [-0.3, -0.25) is 0 Å². The van der Waals surface area contributed by atoms with Gasteiger partial charge in [-0.1, -0.05) is 24.3 Å². The van der Waals surface area contributed by atoms with Crippen LogP contribution in [0.2, 0.25) is 0 Å². The summed E-state index contributed by atoms with van der Waals surface area (Å²) >= 11 is 0. The van der Waals surface area contributed by atoms with Gasteiger partial charge >= 0.3 is 0 Å². The summed E-state index contributed by atoms with van der Waals surface area (Å²) < 4.78 is 5.29. The van der Waals surface area contributed by atoms with Crippen molar-refractivity contribution in [2.45, 2.75) is 19.4 Å². The van der Waals surface area contributed by atoms with E-state index in [1.165, 1.54) is 11.1 Å². The van der Waals surface area contributed by atoms with Gasteiger partial charge in [0.2, 0.25) is 0 Å². The van der Waals surface area contributed by atoms with Crippen LogP contribution in [0, 0.1) is 6.92 Å². The molecule has 0 amide bonds. The van der Waals surface area contributed by atoms with Crippen molar-refractivity contribution in [1.82, 2.24) is 0 Å². The molecule has 2 nitrogen and oxygen atoms in total. The first kappa shape index (κ1) is 9.99. The predicted molar refractivity (Wildman–Crippen MR) is 60.5 cm³/mol. The number of nitrogens with two attached hydrogens (primary N) is 1. The van der Waals surface area contributed by atoms with Crippen molar-refractivity contribution in [3.63, 3.8) is 0 Å². The minimum absolute atomic E-state index is 0.0114. The van der Waals surface area contributed by atoms with Crippen molar-refractivity contribution >= 4 is 0 Å². The smallest absolute Gasteiger partial charge is 0.105 e. The first-order valence-corrected chi connectivity index (χ1v) is 5.11. The van der Waals surface area contributed by atoms with Crippen LogP contribution in [-0.2, 0) is 6.42 Å². The van der Waals surface area contributed by atoms with Crippen molar-refractivity contribution in [1.29, 1.82) is 0 Å². The van der Waals surface area contributed by atoms with Crippen molar-refractivity contribution < 1.29 is 4.42 Å². The lowest BCUT2D eigenvalue weighted by atomic mass is 9.99. The standard InChI is InChI=1S/C13H15NO/c1-10-5-2-3-7-12(10)13(14)9-11-6-4-8-15-11/h2-8,13H,9,14H2,1H3. The summed E-state index contributed by atoms with van der Waals surface area (Å²) in [4.78, 5) is 0. The number of hydrogen-bond donors (Lipinski definition) is 1. The molecule has 0 radical (unpaired) electrons. The molecule has 0 aliphatic carbocycles. The highest BCUT2D eigenvalue weighted by Crippen LogP contribution is 2.19. The van der Waals surface area contributed by atoms with E-state index in [0.29, 0.717) is 0 Å². The minimum Gasteiger partial charge on any atom is -0.469 e. The summed E-state index contributed by atoms with van der Waals surface area (Å²) in [7, 11) is 0. The fourth-order valence-electron chi connectivity index (χ4n) is 1.76. The van der Waals surface area contributed by atoms with Gasteiger partial charge in [0, 0.05) is 12.5 Å². The molecule has 0 saturated heterocycles. The fourth-order valence-corrected chi connectivity index (χ4v) is 1.76. The maximum absolute atomic E-state index is 6.13. The molecule has 2 heteroatoms. The Kier molecular flexibility index (Phi) is 2.88. The number of benzene rings is 1. The van der Waals surface area contributed by atoms with Crippen LogP contribution in [0.1, 0.15) is 22.9 Å². The van der Waals surface area contributed by atoms with Gasteiger partial charge in [-0.05, 0) is 30.2 Å². The van der Waals surface area contributed by atoms with E-state index in [1.807, 2.05) is 24.3 Å². The summed E-state index contributed by atoms with van der Waals surface area (Å²) in [5.41, 5.74) is 8.55. The van der Waals surface area contributed by atoms with E-state index in [9.17, 15) is 0 Å². The van der Waals surface area contributed by atoms with Gasteiger partial charge in [0.25, 0.3) is 0 Å². The normalized spacial score (nSPS) is 12.7. The lowest BCUT2D eigenvalue weighted by Crippen LogP contribution is -2.14. The number of furan rings is 1. The van der Waals surface area contributed by atoms with Crippen LogP contribution in [0.15, 0.2) is 47.1 Å². The molecule has 1 unspecified atom stereocenters. The van der Waals surface area contributed by atoms with E-state index in [4.69, 9.17) is 10.2 Å². The number of aryl methyl sites for hydroxylation is 1. The monoisotopic (exact) mass is 201 g/mol. The van der Waals surface area contributed by atoms with Crippen molar-refractivity contribution in [2.24, 2.45) is 5.73 Å². The highest BCUT2D eigenvalue weighted by molar-refractivity contribution is 5.29. The molecule has 0 fully saturated rings. The SMILES string of the molecule is Cc1ccccc1C(N)Cc1ccco1. The Bertz CT molecular complexity index is 420. The second kappa shape index (κ2) is 4.32. The molecule has 1 heterocycles. The molecular weight excluding hydrogens is 186 g/mol. The highest BCUT2D eigenvalue weighted by Gasteiger charge is 2.10. The molecule has 2 N–H and O–H groups in total. The second-order valence-corrected chi connectivity index (χ2v) is 3.75. The summed E-state index contributed by atoms with van der Waals surface area (Å²) in [6, 6.07) is 12.1. The molecular formula is C13H15NO. The molecule has 78 valence electrons. The summed E-state index contributed by atoms with van der Waals surface area (Å²) in [5, 5.41) is 0. The Hall–Kier alpha value is -1.54. The third kappa shape index (κ3) is 2.28. The molecule has 0 spiro atoms. The van der Waals surface area contributed by atoms with Gasteiger partial charge in [-0.2, -0.15) is 0 Å². The first-order valence-electron chi connectivity index (χ1n) is 5.11. The molecule has 0 bridgehead atoms. The number of hydrogen-bond acceptors (Lipinski definition) is 2. The zero-order valence-corrected chi connectivity index (χ0v) is 8.81. The Morgan fingerprint density at radius 1 is 1.20 bits per heavy atom. The van der Waals surface area contributed by atoms with E-state index >= 15 is 0 Å². The van der Waals surface area contributed by atoms with Crippen LogP contribution in [0.4, 0.5) is 0 Å². The van der Waals surface area contributed by atoms with Crippen LogP contribution >= 0.6 is 0 Å². The first-order chi connectivity index (χ1) is 7.27. The largest absolute Gasteiger partial charge is 0.469 e. The third-order valence-electron chi connectivity index (χ3n) is 2.59. The van der Waals surface area contributed by atoms with Gasteiger partial charge in [-0.25, -0.2) is 0 Å². The Labute approximate surface area is 89.7 Å². The molecule has 1 aromatic carbocycles. The summed E-state index contributed by atoms with van der Waals surface area (Å²) in [5.74, 6) is 0.936. The van der Waals surface area contributed by atoms with E-state index in [-0.39, 0.29) is 6.04 Å². The van der Waals surface area contributed by atoms with Gasteiger partial charge in [0.1, 0.15) is 5.76 Å². The molecule has 1 atom stereocenters. The molecule has 15 heavy (non-hydrogen) atoms. The maximum Gasteiger partial charge on any atom is 0.105 e. The quantitative estimate of drug-likeness (QED) is 0.829. The van der Waals surface area contributed by atoms with Crippen molar-refractivity contribution in [2.75, 3.05) is 0 Å². The lowest BCUT2D eigenvalue weighted by molar-refractivity contribution is 0.488. The van der Waals surface area contributed by atoms with Gasteiger partial charge in [-0.15, -0.1) is 0 Å². The maximum atomic E-state index is 6.13. The molecule has 0 aliphatic rings. The van der Waals surface area contributed by atoms with Crippen LogP contribution in [0.25, 0.3) is 0 Å². The summed E-state index contributed by atoms with van der Waals surface area (Å²) in [6.45, 7) is 2.08. The van der Waals surface area contributed by atoms with Crippen molar-refractivity contribution in [3.05, 3.63) is 59.5 Å². The Morgan fingerprint density at radius 2 is 2.00 bits per heavy atom. The zero-order valence-electron chi connectivity index (χ0n) is 8.81. The van der Waals surface area contributed by atoms with Crippen molar-refractivity contribution in [3.8, 4) is 0 Å². The van der Waals surface area contributed by atoms with Crippen LogP contribution in [0.5, 0.6) is 0 Å². The Balaban J connectivity index is 2.15. The fraction of sp³-hybridized carbons (Fsp3) is 0.231. The van der Waals surface area contributed by atoms with Crippen LogP contribution < -0.4 is 5.73 Å².